The van der Waals surface area contributed by atoms with Crippen molar-refractivity contribution in [1.29, 1.82) is 0 Å². The smallest absolute Gasteiger partial charge is 0.293 e. The van der Waals surface area contributed by atoms with E-state index in [1.54, 1.807) is 18.2 Å². The molecule has 2 amide bonds. The number of para-hydroxylation sites is 1. The molecule has 1 fully saturated rings. The van der Waals surface area contributed by atoms with Crippen molar-refractivity contribution < 1.29 is 14.3 Å². The lowest BCUT2D eigenvalue weighted by Gasteiger charge is -2.13. The van der Waals surface area contributed by atoms with Gasteiger partial charge in [-0.05, 0) is 73.6 Å². The maximum absolute atomic E-state index is 12.8. The summed E-state index contributed by atoms with van der Waals surface area (Å²) in [5.41, 5.74) is 3.64. The number of nitrogens with zero attached hydrogens (tertiary/aromatic N) is 2. The number of hydrogen-bond donors (Lipinski definition) is 0. The predicted octanol–water partition coefficient (Wildman–Crippen LogP) is 6.52. The summed E-state index contributed by atoms with van der Waals surface area (Å²) in [5, 5.41) is 0.663. The van der Waals surface area contributed by atoms with Crippen molar-refractivity contribution >= 4 is 52.2 Å². The van der Waals surface area contributed by atoms with Gasteiger partial charge in [-0.1, -0.05) is 41.4 Å². The monoisotopic (exact) mass is 486 g/mol. The van der Waals surface area contributed by atoms with E-state index in [0.717, 1.165) is 34.4 Å². The molecule has 0 bridgehead atoms. The second-order valence-corrected chi connectivity index (χ2v) is 9.06. The van der Waals surface area contributed by atoms with Crippen LogP contribution >= 0.6 is 35.0 Å². The van der Waals surface area contributed by atoms with E-state index in [9.17, 15) is 9.59 Å². The topological polar surface area (TPSA) is 51.5 Å². The van der Waals surface area contributed by atoms with E-state index in [4.69, 9.17) is 27.9 Å². The quantitative estimate of drug-likeness (QED) is 0.372. The van der Waals surface area contributed by atoms with Crippen molar-refractivity contribution in [3.05, 3.63) is 86.5 Å². The molecule has 32 heavy (non-hydrogen) atoms. The van der Waals surface area contributed by atoms with Crippen molar-refractivity contribution in [2.24, 2.45) is 0 Å². The van der Waals surface area contributed by atoms with Crippen molar-refractivity contribution in [1.82, 2.24) is 9.47 Å². The van der Waals surface area contributed by atoms with E-state index in [1.807, 2.05) is 60.9 Å². The minimum absolute atomic E-state index is 0.194. The van der Waals surface area contributed by atoms with E-state index in [-0.39, 0.29) is 24.3 Å². The van der Waals surface area contributed by atoms with Crippen LogP contribution in [-0.4, -0.2) is 33.8 Å². The zero-order valence-corrected chi connectivity index (χ0v) is 19.8. The van der Waals surface area contributed by atoms with Gasteiger partial charge in [0.2, 0.25) is 0 Å². The van der Waals surface area contributed by atoms with Gasteiger partial charge >= 0.3 is 0 Å². The Morgan fingerprint density at radius 3 is 2.47 bits per heavy atom. The summed E-state index contributed by atoms with van der Waals surface area (Å²) >= 11 is 13.2. The molecule has 0 atom stereocenters. The van der Waals surface area contributed by atoms with Gasteiger partial charge in [0.15, 0.2) is 0 Å². The third-order valence-corrected chi connectivity index (χ3v) is 6.77. The number of imide groups is 1. The maximum atomic E-state index is 12.8. The van der Waals surface area contributed by atoms with E-state index in [2.05, 4.69) is 0 Å². The van der Waals surface area contributed by atoms with Crippen molar-refractivity contribution in [2.45, 2.75) is 13.8 Å². The maximum Gasteiger partial charge on any atom is 0.293 e. The molecule has 3 aromatic rings. The highest BCUT2D eigenvalue weighted by Crippen LogP contribution is 2.34. The normalized spacial score (nSPS) is 15.1. The predicted molar refractivity (Wildman–Crippen MR) is 130 cm³/mol. The second kappa shape index (κ2) is 9.45. The third kappa shape index (κ3) is 4.58. The van der Waals surface area contributed by atoms with Gasteiger partial charge in [0.25, 0.3) is 11.1 Å². The first kappa shape index (κ1) is 22.5. The third-order valence-electron chi connectivity index (χ3n) is 5.12. The molecule has 4 rings (SSSR count). The fourth-order valence-corrected chi connectivity index (χ4v) is 4.71. The molecule has 1 aliphatic heterocycles. The number of aromatic nitrogens is 1. The Balaban J connectivity index is 1.52. The SMILES string of the molecule is Cc1cc(/C=C2\SC(=O)N(CCOc3ccccc3)C2=O)c(C)n1-c1ccc(Cl)c(Cl)c1. The molecule has 2 aromatic carbocycles. The van der Waals surface area contributed by atoms with E-state index in [0.29, 0.717) is 20.7 Å². The number of thioether (sulfide) groups is 1. The fourth-order valence-electron chi connectivity index (χ4n) is 3.56. The Morgan fingerprint density at radius 1 is 1.00 bits per heavy atom. The molecule has 0 saturated carbocycles. The Kier molecular flexibility index (Phi) is 6.65. The Bertz CT molecular complexity index is 1220. The number of halogens is 2. The summed E-state index contributed by atoms with van der Waals surface area (Å²) in [6, 6.07) is 16.7. The molecule has 0 radical (unpaired) electrons. The zero-order chi connectivity index (χ0) is 22.8. The average Bonchev–Trinajstić information content (AvgIpc) is 3.20. The lowest BCUT2D eigenvalue weighted by atomic mass is 10.2. The fraction of sp³-hybridized carbons (Fsp3) is 0.167. The number of benzene rings is 2. The van der Waals surface area contributed by atoms with Crippen LogP contribution in [0, 0.1) is 13.8 Å². The first-order valence-corrected chi connectivity index (χ1v) is 11.5. The highest BCUT2D eigenvalue weighted by molar-refractivity contribution is 8.18. The Labute approximate surface area is 200 Å². The molecule has 0 spiro atoms. The number of hydrogen-bond acceptors (Lipinski definition) is 4. The molecule has 8 heteroatoms. The molecule has 0 N–H and O–H groups in total. The number of aryl methyl sites for hydroxylation is 1. The van der Waals surface area contributed by atoms with Gasteiger partial charge in [-0.15, -0.1) is 0 Å². The largest absolute Gasteiger partial charge is 0.492 e. The highest BCUT2D eigenvalue weighted by atomic mass is 35.5. The summed E-state index contributed by atoms with van der Waals surface area (Å²) in [7, 11) is 0. The van der Waals surface area contributed by atoms with Crippen molar-refractivity contribution in [2.75, 3.05) is 13.2 Å². The van der Waals surface area contributed by atoms with Gasteiger partial charge in [0, 0.05) is 17.1 Å². The molecule has 1 aromatic heterocycles. The van der Waals surface area contributed by atoms with E-state index >= 15 is 0 Å². The van der Waals surface area contributed by atoms with Gasteiger partial charge in [-0.25, -0.2) is 0 Å². The van der Waals surface area contributed by atoms with Crippen molar-refractivity contribution in [3.63, 3.8) is 0 Å². The molecular weight excluding hydrogens is 467 g/mol. The summed E-state index contributed by atoms with van der Waals surface area (Å²) in [6.45, 7) is 4.36. The number of ether oxygens (including phenoxy) is 1. The lowest BCUT2D eigenvalue weighted by molar-refractivity contribution is -0.123. The summed E-state index contributed by atoms with van der Waals surface area (Å²) < 4.78 is 7.66. The molecule has 5 nitrogen and oxygen atoms in total. The number of carbonyl (C=O) groups is 2. The molecule has 2 heterocycles. The van der Waals surface area contributed by atoms with Crippen LogP contribution in [0.5, 0.6) is 5.75 Å². The van der Waals surface area contributed by atoms with Crippen LogP contribution in [0.3, 0.4) is 0 Å². The van der Waals surface area contributed by atoms with Crippen LogP contribution < -0.4 is 4.74 Å². The lowest BCUT2D eigenvalue weighted by Crippen LogP contribution is -2.32. The van der Waals surface area contributed by atoms with E-state index < -0.39 is 0 Å². The number of rotatable bonds is 6. The van der Waals surface area contributed by atoms with Crippen molar-refractivity contribution in [3.8, 4) is 11.4 Å². The summed E-state index contributed by atoms with van der Waals surface area (Å²) in [5.74, 6) is 0.390. The van der Waals surface area contributed by atoms with E-state index in [1.165, 1.54) is 4.90 Å². The first-order chi connectivity index (χ1) is 15.3. The van der Waals surface area contributed by atoms with Crippen LogP contribution in [0.4, 0.5) is 4.79 Å². The first-order valence-electron chi connectivity index (χ1n) is 9.92. The zero-order valence-electron chi connectivity index (χ0n) is 17.5. The van der Waals surface area contributed by atoms with Crippen LogP contribution in [0.15, 0.2) is 59.5 Å². The molecule has 1 aliphatic rings. The van der Waals surface area contributed by atoms with Crippen LogP contribution in [-0.2, 0) is 4.79 Å². The van der Waals surface area contributed by atoms with Gasteiger partial charge in [-0.2, -0.15) is 0 Å². The Morgan fingerprint density at radius 2 is 1.75 bits per heavy atom. The molecule has 0 aliphatic carbocycles. The molecular formula is C24H20Cl2N2O3S. The average molecular weight is 487 g/mol. The minimum Gasteiger partial charge on any atom is -0.492 e. The summed E-state index contributed by atoms with van der Waals surface area (Å²) in [6.07, 6.45) is 1.76. The molecule has 164 valence electrons. The van der Waals surface area contributed by atoms with Crippen LogP contribution in [0.2, 0.25) is 10.0 Å². The summed E-state index contributed by atoms with van der Waals surface area (Å²) in [4.78, 5) is 26.9. The molecule has 0 unspecified atom stereocenters. The number of carbonyl (C=O) groups excluding carboxylic acids is 2. The standard InChI is InChI=1S/C24H20Cl2N2O3S/c1-15-12-17(16(2)28(15)18-8-9-20(25)21(26)14-18)13-22-23(29)27(24(30)32-22)10-11-31-19-6-4-3-5-7-19/h3-9,12-14H,10-11H2,1-2H3/b22-13-. The second-order valence-electron chi connectivity index (χ2n) is 7.26. The van der Waals surface area contributed by atoms with Gasteiger partial charge in [-0.3, -0.25) is 14.5 Å². The minimum atomic E-state index is -0.309. The van der Waals surface area contributed by atoms with Gasteiger partial charge < -0.3 is 9.30 Å². The number of amides is 2. The highest BCUT2D eigenvalue weighted by Gasteiger charge is 2.35. The molecule has 1 saturated heterocycles. The van der Waals surface area contributed by atoms with Crippen LogP contribution in [0.1, 0.15) is 17.0 Å². The Hall–Kier alpha value is -2.67. The van der Waals surface area contributed by atoms with Gasteiger partial charge in [0.1, 0.15) is 12.4 Å². The van der Waals surface area contributed by atoms with Gasteiger partial charge in [0.05, 0.1) is 21.5 Å². The van der Waals surface area contributed by atoms with Crippen LogP contribution in [0.25, 0.3) is 11.8 Å².